The molecule has 1 radical (unpaired) electrons. The summed E-state index contributed by atoms with van der Waals surface area (Å²) < 4.78 is 31.6. The van der Waals surface area contributed by atoms with Crippen LogP contribution in [0.25, 0.3) is 0 Å². The van der Waals surface area contributed by atoms with Crippen LogP contribution in [0.15, 0.2) is 0 Å². The summed E-state index contributed by atoms with van der Waals surface area (Å²) in [5, 5.41) is 0. The molecule has 4 nitrogen and oxygen atoms in total. The van der Waals surface area contributed by atoms with Gasteiger partial charge in [-0.3, -0.25) is 9.11 Å². The Bertz CT molecular complexity index is 99.2. The minimum Gasteiger partial charge on any atom is 0 e. The SMILES string of the molecule is O=S(=O)(O)O.[AlH3].[CaH2].[Mn]. The van der Waals surface area contributed by atoms with Crippen molar-refractivity contribution in [1.29, 1.82) is 0 Å². The Labute approximate surface area is 98.6 Å². The molecule has 8 heteroatoms. The topological polar surface area (TPSA) is 74.6 Å². The van der Waals surface area contributed by atoms with Gasteiger partial charge in [-0.05, 0) is 0 Å². The predicted molar refractivity (Wildman–Crippen MR) is 32.7 cm³/mol. The summed E-state index contributed by atoms with van der Waals surface area (Å²) in [5.74, 6) is 0. The average molecular weight is 225 g/mol. The number of hydrogen-bond acceptors (Lipinski definition) is 2. The molecule has 0 spiro atoms. The van der Waals surface area contributed by atoms with Gasteiger partial charge >= 0.3 is 48.1 Å². The van der Waals surface area contributed by atoms with Gasteiger partial charge in [-0.1, -0.05) is 0 Å². The summed E-state index contributed by atoms with van der Waals surface area (Å²) in [5.41, 5.74) is 0. The van der Waals surface area contributed by atoms with Gasteiger partial charge in [0, 0.05) is 17.1 Å². The van der Waals surface area contributed by atoms with Crippen molar-refractivity contribution in [1.82, 2.24) is 0 Å². The third kappa shape index (κ3) is 88.7. The van der Waals surface area contributed by atoms with Gasteiger partial charge in [-0.15, -0.1) is 0 Å². The minimum atomic E-state index is -4.67. The van der Waals surface area contributed by atoms with Crippen LogP contribution < -0.4 is 0 Å². The van der Waals surface area contributed by atoms with Crippen molar-refractivity contribution in [2.24, 2.45) is 0 Å². The molecule has 0 aromatic rings. The Kier molecular flexibility index (Phi) is 25.8. The molecule has 0 aromatic heterocycles. The first-order valence-corrected chi connectivity index (χ1v) is 2.10. The number of hydrogen-bond donors (Lipinski definition) is 2. The molecule has 0 atom stereocenters. The summed E-state index contributed by atoms with van der Waals surface area (Å²) in [6.07, 6.45) is 0. The van der Waals surface area contributed by atoms with E-state index in [9.17, 15) is 0 Å². The molecule has 0 fully saturated rings. The molecule has 0 saturated carbocycles. The van der Waals surface area contributed by atoms with Gasteiger partial charge in [0.2, 0.25) is 0 Å². The maximum atomic E-state index is 8.74. The van der Waals surface area contributed by atoms with E-state index in [1.165, 1.54) is 0 Å². The van der Waals surface area contributed by atoms with Crippen LogP contribution in [0.1, 0.15) is 0 Å². The zero-order chi connectivity index (χ0) is 4.50. The molecule has 49 valence electrons. The van der Waals surface area contributed by atoms with E-state index in [0.717, 1.165) is 0 Å². The first-order chi connectivity index (χ1) is 2.00. The van der Waals surface area contributed by atoms with E-state index in [2.05, 4.69) is 0 Å². The smallest absolute Gasteiger partial charge is 0 e. The van der Waals surface area contributed by atoms with E-state index in [0.29, 0.717) is 0 Å². The maximum Gasteiger partial charge on any atom is 0 e. The van der Waals surface area contributed by atoms with Gasteiger partial charge in [-0.2, -0.15) is 8.42 Å². The van der Waals surface area contributed by atoms with Gasteiger partial charge < -0.3 is 0 Å². The predicted octanol–water partition coefficient (Wildman–Crippen LogP) is -2.76. The van der Waals surface area contributed by atoms with E-state index in [-0.39, 0.29) is 72.2 Å². The van der Waals surface area contributed by atoms with Gasteiger partial charge in [0.25, 0.3) is 0 Å². The first-order valence-electron chi connectivity index (χ1n) is 0.698. The molecule has 0 aliphatic rings. The van der Waals surface area contributed by atoms with E-state index < -0.39 is 10.4 Å². The molecular formula is H7AlCaMnO4S. The fourth-order valence-electron chi connectivity index (χ4n) is 0. The van der Waals surface area contributed by atoms with Crippen molar-refractivity contribution in [3.05, 3.63) is 0 Å². The summed E-state index contributed by atoms with van der Waals surface area (Å²) in [4.78, 5) is 0. The van der Waals surface area contributed by atoms with Crippen molar-refractivity contribution < 1.29 is 34.6 Å². The first kappa shape index (κ1) is 22.5. The summed E-state index contributed by atoms with van der Waals surface area (Å²) in [6, 6.07) is 0. The van der Waals surface area contributed by atoms with Crippen molar-refractivity contribution in [2.45, 2.75) is 0 Å². The van der Waals surface area contributed by atoms with Gasteiger partial charge in [0.05, 0.1) is 0 Å². The van der Waals surface area contributed by atoms with Crippen molar-refractivity contribution >= 4 is 65.5 Å². The molecule has 0 heterocycles. The fraction of sp³-hybridized carbons (Fsp3) is 0. The quantitative estimate of drug-likeness (QED) is 0.346. The molecule has 0 aromatic carbocycles. The Morgan fingerprint density at radius 2 is 1.12 bits per heavy atom. The maximum absolute atomic E-state index is 8.74. The second-order valence-corrected chi connectivity index (χ2v) is 1.34. The van der Waals surface area contributed by atoms with Gasteiger partial charge in [0.1, 0.15) is 0 Å². The van der Waals surface area contributed by atoms with Crippen LogP contribution in [0.2, 0.25) is 0 Å². The normalized spacial score (nSPS) is 7.25. The van der Waals surface area contributed by atoms with Crippen LogP contribution in [0.3, 0.4) is 0 Å². The second kappa shape index (κ2) is 9.18. The van der Waals surface area contributed by atoms with Crippen LogP contribution >= 0.6 is 0 Å². The van der Waals surface area contributed by atoms with E-state index >= 15 is 0 Å². The largest absolute Gasteiger partial charge is 0 e. The van der Waals surface area contributed by atoms with Crippen molar-refractivity contribution in [3.8, 4) is 0 Å². The monoisotopic (exact) mass is 225 g/mol. The van der Waals surface area contributed by atoms with Gasteiger partial charge in [-0.25, -0.2) is 0 Å². The molecule has 8 heavy (non-hydrogen) atoms. The molecule has 0 unspecified atom stereocenters. The third-order valence-electron chi connectivity index (χ3n) is 0. The molecule has 0 aliphatic heterocycles. The molecular weight excluding hydrogens is 218 g/mol. The van der Waals surface area contributed by atoms with Crippen LogP contribution in [0.4, 0.5) is 0 Å². The Morgan fingerprint density at radius 1 is 1.12 bits per heavy atom. The molecule has 2 N–H and O–H groups in total. The molecule has 0 amide bonds. The van der Waals surface area contributed by atoms with E-state index in [4.69, 9.17) is 17.5 Å². The molecule has 0 aliphatic carbocycles. The standard InChI is InChI=1S/Al.Ca.Mn.H2O4S.5H/c;;;1-5(2,3)4;;;;;/h;;;(H2,1,2,3,4);;;;;. The van der Waals surface area contributed by atoms with Crippen molar-refractivity contribution in [3.63, 3.8) is 0 Å². The van der Waals surface area contributed by atoms with E-state index in [1.807, 2.05) is 0 Å². The van der Waals surface area contributed by atoms with Crippen LogP contribution in [0.5, 0.6) is 0 Å². The minimum absolute atomic E-state index is 0. The van der Waals surface area contributed by atoms with Crippen LogP contribution in [0, 0.1) is 0 Å². The Hall–Kier alpha value is 2.18. The molecule has 0 saturated heterocycles. The van der Waals surface area contributed by atoms with Crippen LogP contribution in [-0.2, 0) is 27.5 Å². The zero-order valence-electron chi connectivity index (χ0n) is 2.50. The fourth-order valence-corrected chi connectivity index (χ4v) is 0. The molecule has 0 rings (SSSR count). The Balaban J connectivity index is -0.0000000267. The third-order valence-corrected chi connectivity index (χ3v) is 0. The second-order valence-electron chi connectivity index (χ2n) is 0.448. The molecule has 0 bridgehead atoms. The number of rotatable bonds is 0. The summed E-state index contributed by atoms with van der Waals surface area (Å²) in [6.45, 7) is 0. The Morgan fingerprint density at radius 3 is 1.12 bits per heavy atom. The average Bonchev–Trinajstić information content (AvgIpc) is 0.722. The summed E-state index contributed by atoms with van der Waals surface area (Å²) in [7, 11) is -4.67. The van der Waals surface area contributed by atoms with Crippen molar-refractivity contribution in [2.75, 3.05) is 0 Å². The summed E-state index contributed by atoms with van der Waals surface area (Å²) >= 11 is 0. The van der Waals surface area contributed by atoms with Gasteiger partial charge in [0.15, 0.2) is 17.4 Å². The van der Waals surface area contributed by atoms with Crippen LogP contribution in [-0.4, -0.2) is 72.6 Å². The zero-order valence-corrected chi connectivity index (χ0v) is 4.49. The van der Waals surface area contributed by atoms with E-state index in [1.54, 1.807) is 0 Å².